The second-order valence-corrected chi connectivity index (χ2v) is 9.37. The van der Waals surface area contributed by atoms with Gasteiger partial charge in [0.15, 0.2) is 0 Å². The molecule has 1 amide bonds. The molecule has 0 N–H and O–H groups in total. The number of amides is 1. The Morgan fingerprint density at radius 2 is 1.86 bits per heavy atom. The average Bonchev–Trinajstić information content (AvgIpc) is 2.81. The summed E-state index contributed by atoms with van der Waals surface area (Å²) in [4.78, 5) is 18.9. The molecule has 0 aromatic carbocycles. The molecule has 154 valence electrons. The monoisotopic (exact) mass is 390 g/mol. The fraction of sp³-hybridized carbons (Fsp3) is 0.700. The molecule has 2 aliphatic rings. The van der Waals surface area contributed by atoms with E-state index in [0.717, 1.165) is 11.2 Å². The molecule has 7 nitrogen and oxygen atoms in total. The highest BCUT2D eigenvalue weighted by atomic mass is 16.7. The van der Waals surface area contributed by atoms with Crippen LogP contribution >= 0.6 is 0 Å². The van der Waals surface area contributed by atoms with Gasteiger partial charge >= 0.3 is 13.2 Å². The van der Waals surface area contributed by atoms with Crippen LogP contribution < -0.4 is 5.46 Å². The van der Waals surface area contributed by atoms with Gasteiger partial charge in [0.05, 0.1) is 30.1 Å². The van der Waals surface area contributed by atoms with E-state index in [1.54, 1.807) is 11.1 Å². The van der Waals surface area contributed by atoms with Gasteiger partial charge in [0, 0.05) is 18.2 Å². The molecule has 2 fully saturated rings. The van der Waals surface area contributed by atoms with Crippen molar-refractivity contribution in [3.05, 3.63) is 24.0 Å². The second-order valence-electron chi connectivity index (χ2n) is 9.37. The lowest BCUT2D eigenvalue weighted by Crippen LogP contribution is -2.46. The maximum absolute atomic E-state index is 12.6. The number of carbonyl (C=O) groups is 1. The Morgan fingerprint density at radius 1 is 1.21 bits per heavy atom. The molecule has 0 radical (unpaired) electrons. The van der Waals surface area contributed by atoms with Crippen LogP contribution in [-0.4, -0.2) is 59.7 Å². The number of aromatic nitrogens is 1. The molecule has 0 spiro atoms. The standard InChI is InChI=1S/C20H31BN2O5/c1-18(2,3)26-17(24)23-10-11-25-13-16(23)15-9-8-14(12-22-15)21-27-19(4,5)20(6,7)28-21/h8-9,12,16H,10-11,13H2,1-7H3. The van der Waals surface area contributed by atoms with Gasteiger partial charge in [-0.05, 0) is 54.5 Å². The minimum Gasteiger partial charge on any atom is -0.444 e. The van der Waals surface area contributed by atoms with Crippen molar-refractivity contribution in [1.29, 1.82) is 0 Å². The lowest BCUT2D eigenvalue weighted by Gasteiger charge is -2.36. The molecule has 3 rings (SSSR count). The molecule has 2 aliphatic heterocycles. The smallest absolute Gasteiger partial charge is 0.444 e. The van der Waals surface area contributed by atoms with Crippen LogP contribution in [0.15, 0.2) is 18.3 Å². The molecule has 28 heavy (non-hydrogen) atoms. The van der Waals surface area contributed by atoms with Crippen LogP contribution in [0.25, 0.3) is 0 Å². The third-order valence-electron chi connectivity index (χ3n) is 5.43. The largest absolute Gasteiger partial charge is 0.496 e. The Kier molecular flexibility index (Phi) is 5.51. The Morgan fingerprint density at radius 3 is 2.39 bits per heavy atom. The highest BCUT2D eigenvalue weighted by Crippen LogP contribution is 2.36. The summed E-state index contributed by atoms with van der Waals surface area (Å²) in [5, 5.41) is 0. The number of nitrogens with zero attached hydrogens (tertiary/aromatic N) is 2. The molecular weight excluding hydrogens is 359 g/mol. The van der Waals surface area contributed by atoms with Crippen LogP contribution in [0, 0.1) is 0 Å². The third kappa shape index (κ3) is 4.34. The molecule has 0 aliphatic carbocycles. The molecule has 0 bridgehead atoms. The van der Waals surface area contributed by atoms with Crippen molar-refractivity contribution >= 4 is 18.7 Å². The number of pyridine rings is 1. The average molecular weight is 390 g/mol. The SMILES string of the molecule is CC(C)(C)OC(=O)N1CCOCC1c1ccc(B2OC(C)(C)C(C)(C)O2)cn1. The normalized spacial score (nSPS) is 24.3. The molecule has 3 heterocycles. The minimum atomic E-state index is -0.548. The van der Waals surface area contributed by atoms with Crippen molar-refractivity contribution in [1.82, 2.24) is 9.88 Å². The number of ether oxygens (including phenoxy) is 2. The molecule has 1 aromatic heterocycles. The molecule has 0 saturated carbocycles. The summed E-state index contributed by atoms with van der Waals surface area (Å²) >= 11 is 0. The number of morpholine rings is 1. The summed E-state index contributed by atoms with van der Waals surface area (Å²) in [5.41, 5.74) is 0.254. The Bertz CT molecular complexity index is 698. The van der Waals surface area contributed by atoms with Gasteiger partial charge in [-0.2, -0.15) is 0 Å². The molecule has 2 saturated heterocycles. The zero-order chi connectivity index (χ0) is 20.7. The zero-order valence-electron chi connectivity index (χ0n) is 17.9. The fourth-order valence-corrected chi connectivity index (χ4v) is 3.12. The van der Waals surface area contributed by atoms with E-state index in [9.17, 15) is 4.79 Å². The zero-order valence-corrected chi connectivity index (χ0v) is 17.9. The van der Waals surface area contributed by atoms with Crippen molar-refractivity contribution in [2.24, 2.45) is 0 Å². The maximum atomic E-state index is 12.6. The molecule has 1 unspecified atom stereocenters. The third-order valence-corrected chi connectivity index (χ3v) is 5.43. The van der Waals surface area contributed by atoms with Gasteiger partial charge in [-0.1, -0.05) is 6.07 Å². The predicted octanol–water partition coefficient (Wildman–Crippen LogP) is 2.69. The lowest BCUT2D eigenvalue weighted by atomic mass is 9.80. The summed E-state index contributed by atoms with van der Waals surface area (Å²) < 4.78 is 23.3. The Balaban J connectivity index is 1.75. The van der Waals surface area contributed by atoms with E-state index in [4.69, 9.17) is 18.8 Å². The van der Waals surface area contributed by atoms with Gasteiger partial charge in [-0.3, -0.25) is 9.88 Å². The molecule has 1 atom stereocenters. The lowest BCUT2D eigenvalue weighted by molar-refractivity contribution is -0.0340. The summed E-state index contributed by atoms with van der Waals surface area (Å²) in [7, 11) is -0.462. The first-order valence-corrected chi connectivity index (χ1v) is 9.78. The first-order chi connectivity index (χ1) is 12.9. The summed E-state index contributed by atoms with van der Waals surface area (Å²) in [6.07, 6.45) is 1.40. The Labute approximate surface area is 167 Å². The van der Waals surface area contributed by atoms with Crippen LogP contribution in [0.1, 0.15) is 60.2 Å². The molecule has 1 aromatic rings. The van der Waals surface area contributed by atoms with E-state index < -0.39 is 23.9 Å². The molecular formula is C20H31BN2O5. The number of rotatable bonds is 2. The first-order valence-electron chi connectivity index (χ1n) is 9.78. The van der Waals surface area contributed by atoms with Crippen molar-refractivity contribution in [2.75, 3.05) is 19.8 Å². The number of carbonyl (C=O) groups excluding carboxylic acids is 1. The van der Waals surface area contributed by atoms with Gasteiger partial charge in [0.2, 0.25) is 0 Å². The van der Waals surface area contributed by atoms with E-state index >= 15 is 0 Å². The topological polar surface area (TPSA) is 70.1 Å². The maximum Gasteiger partial charge on any atom is 0.496 e. The highest BCUT2D eigenvalue weighted by molar-refractivity contribution is 6.62. The highest BCUT2D eigenvalue weighted by Gasteiger charge is 2.51. The predicted molar refractivity (Wildman–Crippen MR) is 106 cm³/mol. The van der Waals surface area contributed by atoms with Crippen molar-refractivity contribution in [2.45, 2.75) is 71.3 Å². The fourth-order valence-electron chi connectivity index (χ4n) is 3.12. The van der Waals surface area contributed by atoms with E-state index in [1.165, 1.54) is 0 Å². The Hall–Kier alpha value is -1.64. The van der Waals surface area contributed by atoms with Crippen LogP contribution in [0.4, 0.5) is 4.79 Å². The van der Waals surface area contributed by atoms with Crippen LogP contribution in [0.5, 0.6) is 0 Å². The number of hydrogen-bond donors (Lipinski definition) is 0. The van der Waals surface area contributed by atoms with E-state index in [2.05, 4.69) is 4.98 Å². The number of hydrogen-bond acceptors (Lipinski definition) is 6. The quantitative estimate of drug-likeness (QED) is 0.724. The van der Waals surface area contributed by atoms with Crippen LogP contribution in [-0.2, 0) is 18.8 Å². The van der Waals surface area contributed by atoms with Gasteiger partial charge in [-0.25, -0.2) is 4.79 Å². The van der Waals surface area contributed by atoms with Gasteiger partial charge in [0.1, 0.15) is 11.6 Å². The van der Waals surface area contributed by atoms with Gasteiger partial charge in [-0.15, -0.1) is 0 Å². The molecule has 8 heteroatoms. The van der Waals surface area contributed by atoms with E-state index in [1.807, 2.05) is 60.6 Å². The van der Waals surface area contributed by atoms with Gasteiger partial charge < -0.3 is 18.8 Å². The summed E-state index contributed by atoms with van der Waals surface area (Å²) in [6.45, 7) is 15.0. The second kappa shape index (κ2) is 7.32. The van der Waals surface area contributed by atoms with Crippen molar-refractivity contribution in [3.8, 4) is 0 Å². The van der Waals surface area contributed by atoms with Gasteiger partial charge in [0.25, 0.3) is 0 Å². The van der Waals surface area contributed by atoms with E-state index in [0.29, 0.717) is 19.8 Å². The van der Waals surface area contributed by atoms with Crippen molar-refractivity contribution < 1.29 is 23.6 Å². The van der Waals surface area contributed by atoms with E-state index in [-0.39, 0.29) is 12.1 Å². The first kappa shape index (κ1) is 21.1. The van der Waals surface area contributed by atoms with Crippen LogP contribution in [0.2, 0.25) is 0 Å². The summed E-state index contributed by atoms with van der Waals surface area (Å²) in [5.74, 6) is 0. The van der Waals surface area contributed by atoms with Crippen molar-refractivity contribution in [3.63, 3.8) is 0 Å². The van der Waals surface area contributed by atoms with Crippen LogP contribution in [0.3, 0.4) is 0 Å². The minimum absolute atomic E-state index is 0.282. The summed E-state index contributed by atoms with van der Waals surface area (Å²) in [6, 6.07) is 3.56.